The van der Waals surface area contributed by atoms with E-state index in [1.165, 1.54) is 0 Å². The van der Waals surface area contributed by atoms with Gasteiger partial charge in [0.05, 0.1) is 0 Å². The number of rotatable bonds is 3. The zero-order valence-electron chi connectivity index (χ0n) is 10.6. The SMILES string of the molecule is NCc1cnc(Oc2ccc(Cl)cc2)c2ncccc12. The van der Waals surface area contributed by atoms with Crippen LogP contribution in [0.25, 0.3) is 10.9 Å². The summed E-state index contributed by atoms with van der Waals surface area (Å²) in [6, 6.07) is 10.9. The Kier molecular flexibility index (Phi) is 3.50. The zero-order valence-corrected chi connectivity index (χ0v) is 11.3. The van der Waals surface area contributed by atoms with Crippen LogP contribution in [0, 0.1) is 0 Å². The summed E-state index contributed by atoms with van der Waals surface area (Å²) in [6.45, 7) is 0.413. The maximum absolute atomic E-state index is 5.85. The number of hydrogen-bond donors (Lipinski definition) is 1. The summed E-state index contributed by atoms with van der Waals surface area (Å²) in [5.41, 5.74) is 7.35. The molecule has 3 aromatic rings. The average molecular weight is 286 g/mol. The molecule has 100 valence electrons. The molecule has 0 spiro atoms. The molecular weight excluding hydrogens is 274 g/mol. The number of nitrogens with two attached hydrogens (primary N) is 1. The molecule has 0 saturated carbocycles. The van der Waals surface area contributed by atoms with Crippen molar-refractivity contribution in [2.75, 3.05) is 0 Å². The summed E-state index contributed by atoms with van der Waals surface area (Å²) >= 11 is 5.85. The number of pyridine rings is 2. The monoisotopic (exact) mass is 285 g/mol. The van der Waals surface area contributed by atoms with Crippen LogP contribution < -0.4 is 10.5 Å². The van der Waals surface area contributed by atoms with Crippen LogP contribution in [-0.2, 0) is 6.54 Å². The van der Waals surface area contributed by atoms with Crippen molar-refractivity contribution in [2.45, 2.75) is 6.54 Å². The molecule has 5 heteroatoms. The van der Waals surface area contributed by atoms with Gasteiger partial charge in [-0.15, -0.1) is 0 Å². The third kappa shape index (κ3) is 2.43. The molecule has 0 aliphatic rings. The normalized spacial score (nSPS) is 10.7. The van der Waals surface area contributed by atoms with Crippen LogP contribution in [0.15, 0.2) is 48.8 Å². The van der Waals surface area contributed by atoms with Crippen LogP contribution in [-0.4, -0.2) is 9.97 Å². The Balaban J connectivity index is 2.06. The minimum atomic E-state index is 0.413. The molecule has 0 unspecified atom stereocenters. The Bertz CT molecular complexity index is 744. The number of hydrogen-bond acceptors (Lipinski definition) is 4. The summed E-state index contributed by atoms with van der Waals surface area (Å²) in [5.74, 6) is 1.12. The molecule has 0 amide bonds. The number of fused-ring (bicyclic) bond motifs is 1. The predicted molar refractivity (Wildman–Crippen MR) is 79.0 cm³/mol. The fraction of sp³-hybridized carbons (Fsp3) is 0.0667. The molecule has 2 N–H and O–H groups in total. The Morgan fingerprint density at radius 1 is 1.10 bits per heavy atom. The zero-order chi connectivity index (χ0) is 13.9. The fourth-order valence-electron chi connectivity index (χ4n) is 1.95. The van der Waals surface area contributed by atoms with Gasteiger partial charge in [-0.2, -0.15) is 0 Å². The second-order valence-electron chi connectivity index (χ2n) is 4.25. The van der Waals surface area contributed by atoms with Gasteiger partial charge in [-0.25, -0.2) is 4.98 Å². The van der Waals surface area contributed by atoms with Crippen LogP contribution in [0.4, 0.5) is 0 Å². The molecule has 3 rings (SSSR count). The summed E-state index contributed by atoms with van der Waals surface area (Å²) in [6.07, 6.45) is 3.42. The highest BCUT2D eigenvalue weighted by atomic mass is 35.5. The number of nitrogens with zero attached hydrogens (tertiary/aromatic N) is 2. The van der Waals surface area contributed by atoms with Gasteiger partial charge >= 0.3 is 0 Å². The minimum absolute atomic E-state index is 0.413. The quantitative estimate of drug-likeness (QED) is 0.799. The molecule has 0 aliphatic carbocycles. The summed E-state index contributed by atoms with van der Waals surface area (Å²) in [5, 5.41) is 1.61. The van der Waals surface area contributed by atoms with E-state index in [0.29, 0.717) is 28.7 Å². The molecule has 0 saturated heterocycles. The topological polar surface area (TPSA) is 61.0 Å². The van der Waals surface area contributed by atoms with E-state index in [9.17, 15) is 0 Å². The maximum atomic E-state index is 5.85. The van der Waals surface area contributed by atoms with E-state index in [1.54, 1.807) is 36.7 Å². The number of halogens is 1. The highest BCUT2D eigenvalue weighted by Gasteiger charge is 2.09. The van der Waals surface area contributed by atoms with Gasteiger partial charge < -0.3 is 10.5 Å². The first kappa shape index (κ1) is 12.8. The maximum Gasteiger partial charge on any atom is 0.246 e. The van der Waals surface area contributed by atoms with Crippen LogP contribution in [0.1, 0.15) is 5.56 Å². The van der Waals surface area contributed by atoms with E-state index in [4.69, 9.17) is 22.1 Å². The summed E-state index contributed by atoms with van der Waals surface area (Å²) in [7, 11) is 0. The Morgan fingerprint density at radius 2 is 1.90 bits per heavy atom. The van der Waals surface area contributed by atoms with Crippen molar-refractivity contribution in [2.24, 2.45) is 5.73 Å². The molecule has 0 fully saturated rings. The van der Waals surface area contributed by atoms with Crippen molar-refractivity contribution >= 4 is 22.5 Å². The second kappa shape index (κ2) is 5.45. The van der Waals surface area contributed by atoms with Crippen molar-refractivity contribution < 1.29 is 4.74 Å². The molecule has 4 nitrogen and oxygen atoms in total. The Morgan fingerprint density at radius 3 is 2.65 bits per heavy atom. The molecule has 2 heterocycles. The van der Waals surface area contributed by atoms with E-state index in [-0.39, 0.29) is 0 Å². The van der Waals surface area contributed by atoms with Gasteiger partial charge in [-0.1, -0.05) is 17.7 Å². The van der Waals surface area contributed by atoms with E-state index < -0.39 is 0 Å². The Labute approximate surface area is 121 Å². The molecule has 0 aliphatic heterocycles. The molecule has 20 heavy (non-hydrogen) atoms. The first-order valence-corrected chi connectivity index (χ1v) is 6.52. The van der Waals surface area contributed by atoms with Crippen LogP contribution >= 0.6 is 11.6 Å². The second-order valence-corrected chi connectivity index (χ2v) is 4.68. The van der Waals surface area contributed by atoms with Gasteiger partial charge in [0.1, 0.15) is 11.3 Å². The standard InChI is InChI=1S/C15H12ClN3O/c16-11-3-5-12(6-4-11)20-15-14-13(2-1-7-18-14)10(8-17)9-19-15/h1-7,9H,8,17H2. The number of ether oxygens (including phenoxy) is 1. The number of benzene rings is 1. The smallest absolute Gasteiger partial charge is 0.246 e. The van der Waals surface area contributed by atoms with E-state index in [1.807, 2.05) is 12.1 Å². The van der Waals surface area contributed by atoms with Crippen molar-refractivity contribution in [3.8, 4) is 11.6 Å². The van der Waals surface area contributed by atoms with Crippen molar-refractivity contribution in [1.29, 1.82) is 0 Å². The lowest BCUT2D eigenvalue weighted by atomic mass is 10.1. The van der Waals surface area contributed by atoms with Crippen molar-refractivity contribution in [1.82, 2.24) is 9.97 Å². The summed E-state index contributed by atoms with van der Waals surface area (Å²) in [4.78, 5) is 8.63. The largest absolute Gasteiger partial charge is 0.437 e. The molecular formula is C15H12ClN3O. The van der Waals surface area contributed by atoms with Gasteiger partial charge in [-0.05, 0) is 35.9 Å². The highest BCUT2D eigenvalue weighted by molar-refractivity contribution is 6.30. The van der Waals surface area contributed by atoms with E-state index >= 15 is 0 Å². The first-order valence-electron chi connectivity index (χ1n) is 6.14. The third-order valence-corrected chi connectivity index (χ3v) is 3.19. The molecule has 0 radical (unpaired) electrons. The lowest BCUT2D eigenvalue weighted by Crippen LogP contribution is -2.00. The van der Waals surface area contributed by atoms with Gasteiger partial charge in [-0.3, -0.25) is 4.98 Å². The van der Waals surface area contributed by atoms with Gasteiger partial charge in [0.2, 0.25) is 5.88 Å². The minimum Gasteiger partial charge on any atom is -0.437 e. The van der Waals surface area contributed by atoms with Crippen LogP contribution in [0.2, 0.25) is 5.02 Å². The average Bonchev–Trinajstić information content (AvgIpc) is 2.50. The van der Waals surface area contributed by atoms with Crippen molar-refractivity contribution in [3.05, 3.63) is 59.4 Å². The van der Waals surface area contributed by atoms with Gasteiger partial charge in [0.25, 0.3) is 0 Å². The predicted octanol–water partition coefficient (Wildman–Crippen LogP) is 3.53. The third-order valence-electron chi connectivity index (χ3n) is 2.94. The van der Waals surface area contributed by atoms with Crippen molar-refractivity contribution in [3.63, 3.8) is 0 Å². The van der Waals surface area contributed by atoms with Crippen LogP contribution in [0.5, 0.6) is 11.6 Å². The summed E-state index contributed by atoms with van der Waals surface area (Å²) < 4.78 is 5.77. The molecule has 0 atom stereocenters. The highest BCUT2D eigenvalue weighted by Crippen LogP contribution is 2.28. The fourth-order valence-corrected chi connectivity index (χ4v) is 2.08. The lowest BCUT2D eigenvalue weighted by molar-refractivity contribution is 0.467. The van der Waals surface area contributed by atoms with E-state index in [0.717, 1.165) is 10.9 Å². The van der Waals surface area contributed by atoms with Crippen LogP contribution in [0.3, 0.4) is 0 Å². The molecule has 0 bridgehead atoms. The Hall–Kier alpha value is -2.17. The van der Waals surface area contributed by atoms with Gasteiger partial charge in [0.15, 0.2) is 0 Å². The number of aromatic nitrogens is 2. The first-order chi connectivity index (χ1) is 9.78. The van der Waals surface area contributed by atoms with Gasteiger partial charge in [0, 0.05) is 29.3 Å². The molecule has 2 aromatic heterocycles. The van der Waals surface area contributed by atoms with E-state index in [2.05, 4.69) is 9.97 Å². The lowest BCUT2D eigenvalue weighted by Gasteiger charge is -2.09. The molecule has 1 aromatic carbocycles.